The number of nitro groups is 1. The van der Waals surface area contributed by atoms with Gasteiger partial charge >= 0.3 is 5.69 Å². The summed E-state index contributed by atoms with van der Waals surface area (Å²) in [6.45, 7) is 1.56. The summed E-state index contributed by atoms with van der Waals surface area (Å²) in [5.74, 6) is 0.391. The maximum Gasteiger partial charge on any atom is 0.332 e. The molecule has 0 aliphatic heterocycles. The lowest BCUT2D eigenvalue weighted by Crippen LogP contribution is -2.07. The third-order valence-corrected chi connectivity index (χ3v) is 3.63. The number of hydrogen-bond donors (Lipinski definition) is 2. The first-order valence-corrected chi connectivity index (χ1v) is 7.31. The average molecular weight is 420 g/mol. The first-order chi connectivity index (χ1) is 9.92. The van der Waals surface area contributed by atoms with Crippen LogP contribution in [0.1, 0.15) is 5.69 Å². The molecule has 2 N–H and O–H groups in total. The smallest absolute Gasteiger partial charge is 0.332 e. The van der Waals surface area contributed by atoms with Gasteiger partial charge in [0.25, 0.3) is 0 Å². The highest BCUT2D eigenvalue weighted by Crippen LogP contribution is 2.32. The lowest BCUT2D eigenvalue weighted by atomic mass is 10.3. The van der Waals surface area contributed by atoms with Gasteiger partial charge in [-0.1, -0.05) is 11.6 Å². The van der Waals surface area contributed by atoms with Crippen LogP contribution >= 0.6 is 34.2 Å². The number of nitrogens with zero attached hydrogens (tertiary/aromatic N) is 3. The van der Waals surface area contributed by atoms with E-state index < -0.39 is 4.92 Å². The summed E-state index contributed by atoms with van der Waals surface area (Å²) >= 11 is 8.26. The van der Waals surface area contributed by atoms with Crippen molar-refractivity contribution in [3.8, 4) is 0 Å². The standard InChI is InChI=1S/C12H11ClIN5O2/c1-6-10(19(20)21)11(18-12(15-2)16-6)17-9-4-3-7(14)5-8(9)13/h3-5H,1-2H3,(H2,15,16,17,18). The van der Waals surface area contributed by atoms with Crippen molar-refractivity contribution in [1.29, 1.82) is 0 Å². The van der Waals surface area contributed by atoms with Gasteiger partial charge in [0, 0.05) is 10.6 Å². The topological polar surface area (TPSA) is 93.0 Å². The van der Waals surface area contributed by atoms with E-state index in [1.807, 2.05) is 6.07 Å². The van der Waals surface area contributed by atoms with Crippen LogP contribution in [0.5, 0.6) is 0 Å². The molecule has 7 nitrogen and oxygen atoms in total. The molecular formula is C12H11ClIN5O2. The van der Waals surface area contributed by atoms with Crippen molar-refractivity contribution in [2.75, 3.05) is 17.7 Å². The molecule has 0 saturated carbocycles. The number of halogens is 2. The summed E-state index contributed by atoms with van der Waals surface area (Å²) in [7, 11) is 1.64. The van der Waals surface area contributed by atoms with Crippen molar-refractivity contribution in [3.63, 3.8) is 0 Å². The summed E-state index contributed by atoms with van der Waals surface area (Å²) in [5, 5.41) is 17.3. The third kappa shape index (κ3) is 3.50. The Morgan fingerprint density at radius 3 is 2.67 bits per heavy atom. The normalized spacial score (nSPS) is 10.3. The van der Waals surface area contributed by atoms with Gasteiger partial charge < -0.3 is 10.6 Å². The van der Waals surface area contributed by atoms with Crippen LogP contribution < -0.4 is 10.6 Å². The minimum atomic E-state index is -0.516. The number of benzene rings is 1. The Hall–Kier alpha value is -1.68. The molecule has 0 spiro atoms. The van der Waals surface area contributed by atoms with Crippen molar-refractivity contribution in [2.24, 2.45) is 0 Å². The number of anilines is 3. The fourth-order valence-corrected chi connectivity index (χ4v) is 2.61. The first-order valence-electron chi connectivity index (χ1n) is 5.85. The van der Waals surface area contributed by atoms with Crippen molar-refractivity contribution in [1.82, 2.24) is 9.97 Å². The van der Waals surface area contributed by atoms with Crippen molar-refractivity contribution < 1.29 is 4.92 Å². The highest BCUT2D eigenvalue weighted by atomic mass is 127. The second-order valence-corrected chi connectivity index (χ2v) is 5.74. The van der Waals surface area contributed by atoms with E-state index in [0.29, 0.717) is 16.7 Å². The number of nitrogens with one attached hydrogen (secondary N) is 2. The Labute approximate surface area is 139 Å². The molecule has 0 aliphatic rings. The molecule has 2 rings (SSSR count). The number of aryl methyl sites for hydroxylation is 1. The summed E-state index contributed by atoms with van der Waals surface area (Å²) in [6.07, 6.45) is 0. The monoisotopic (exact) mass is 419 g/mol. The maximum absolute atomic E-state index is 11.2. The number of aromatic nitrogens is 2. The fraction of sp³-hybridized carbons (Fsp3) is 0.167. The van der Waals surface area contributed by atoms with Crippen LogP contribution in [0.25, 0.3) is 0 Å². The van der Waals surface area contributed by atoms with Crippen LogP contribution in [-0.4, -0.2) is 21.9 Å². The maximum atomic E-state index is 11.2. The molecule has 1 heterocycles. The summed E-state index contributed by atoms with van der Waals surface area (Å²) < 4.78 is 0.965. The predicted octanol–water partition coefficient (Wildman–Crippen LogP) is 3.74. The van der Waals surface area contributed by atoms with E-state index in [4.69, 9.17) is 11.6 Å². The Morgan fingerprint density at radius 1 is 1.38 bits per heavy atom. The summed E-state index contributed by atoms with van der Waals surface area (Å²) in [6, 6.07) is 5.33. The van der Waals surface area contributed by atoms with E-state index in [1.54, 1.807) is 26.1 Å². The zero-order chi connectivity index (χ0) is 15.6. The molecule has 1 aromatic carbocycles. The van der Waals surface area contributed by atoms with E-state index in [-0.39, 0.29) is 17.2 Å². The minimum Gasteiger partial charge on any atom is -0.357 e. The largest absolute Gasteiger partial charge is 0.357 e. The van der Waals surface area contributed by atoms with Crippen molar-refractivity contribution in [3.05, 3.63) is 42.6 Å². The molecule has 0 aliphatic carbocycles. The van der Waals surface area contributed by atoms with E-state index in [2.05, 4.69) is 43.2 Å². The van der Waals surface area contributed by atoms with Crippen molar-refractivity contribution >= 4 is 57.3 Å². The van der Waals surface area contributed by atoms with Gasteiger partial charge in [-0.3, -0.25) is 10.1 Å². The third-order valence-electron chi connectivity index (χ3n) is 2.65. The average Bonchev–Trinajstić information content (AvgIpc) is 2.40. The Kier molecular flexibility index (Phi) is 4.78. The van der Waals surface area contributed by atoms with Gasteiger partial charge in [0.1, 0.15) is 5.69 Å². The molecule has 0 radical (unpaired) electrons. The molecule has 0 unspecified atom stereocenters. The lowest BCUT2D eigenvalue weighted by molar-refractivity contribution is -0.385. The second-order valence-electron chi connectivity index (χ2n) is 4.09. The second kappa shape index (κ2) is 6.39. The van der Waals surface area contributed by atoms with E-state index in [1.165, 1.54) is 0 Å². The minimum absolute atomic E-state index is 0.0972. The van der Waals surface area contributed by atoms with Crippen LogP contribution in [0.4, 0.5) is 23.1 Å². The highest BCUT2D eigenvalue weighted by Gasteiger charge is 2.22. The first kappa shape index (κ1) is 15.7. The lowest BCUT2D eigenvalue weighted by Gasteiger charge is -2.10. The van der Waals surface area contributed by atoms with Gasteiger partial charge in [-0.2, -0.15) is 4.98 Å². The van der Waals surface area contributed by atoms with Gasteiger partial charge in [-0.15, -0.1) is 0 Å². The van der Waals surface area contributed by atoms with Gasteiger partial charge in [-0.05, 0) is 47.7 Å². The molecular weight excluding hydrogens is 409 g/mol. The molecule has 110 valence electrons. The molecule has 0 saturated heterocycles. The van der Waals surface area contributed by atoms with Gasteiger partial charge in [0.2, 0.25) is 11.8 Å². The summed E-state index contributed by atoms with van der Waals surface area (Å²) in [4.78, 5) is 18.8. The Morgan fingerprint density at radius 2 is 2.10 bits per heavy atom. The molecule has 2 aromatic rings. The molecule has 0 bridgehead atoms. The van der Waals surface area contributed by atoms with Crippen LogP contribution in [0.3, 0.4) is 0 Å². The molecule has 0 fully saturated rings. The van der Waals surface area contributed by atoms with Crippen LogP contribution in [0.2, 0.25) is 5.02 Å². The van der Waals surface area contributed by atoms with E-state index in [0.717, 1.165) is 3.57 Å². The fourth-order valence-electron chi connectivity index (χ4n) is 1.70. The van der Waals surface area contributed by atoms with Crippen LogP contribution in [-0.2, 0) is 0 Å². The molecule has 0 atom stereocenters. The van der Waals surface area contributed by atoms with Crippen LogP contribution in [0.15, 0.2) is 18.2 Å². The molecule has 1 aromatic heterocycles. The molecule has 9 heteroatoms. The molecule has 0 amide bonds. The highest BCUT2D eigenvalue weighted by molar-refractivity contribution is 14.1. The zero-order valence-corrected chi connectivity index (χ0v) is 14.1. The number of rotatable bonds is 4. The Balaban J connectivity index is 2.51. The quantitative estimate of drug-likeness (QED) is 0.445. The predicted molar refractivity (Wildman–Crippen MR) is 90.4 cm³/mol. The van der Waals surface area contributed by atoms with Gasteiger partial charge in [-0.25, -0.2) is 4.98 Å². The zero-order valence-electron chi connectivity index (χ0n) is 11.1. The van der Waals surface area contributed by atoms with E-state index in [9.17, 15) is 10.1 Å². The van der Waals surface area contributed by atoms with Gasteiger partial charge in [0.05, 0.1) is 15.6 Å². The van der Waals surface area contributed by atoms with Gasteiger partial charge in [0.15, 0.2) is 0 Å². The molecule has 21 heavy (non-hydrogen) atoms. The Bertz CT molecular complexity index is 710. The number of hydrogen-bond acceptors (Lipinski definition) is 6. The SMILES string of the molecule is CNc1nc(C)c([N+](=O)[O-])c(Nc2ccc(I)cc2Cl)n1. The van der Waals surface area contributed by atoms with Crippen LogP contribution in [0, 0.1) is 20.6 Å². The summed E-state index contributed by atoms with van der Waals surface area (Å²) in [5.41, 5.74) is 0.632. The van der Waals surface area contributed by atoms with E-state index >= 15 is 0 Å². The van der Waals surface area contributed by atoms with Crippen molar-refractivity contribution in [2.45, 2.75) is 6.92 Å².